The van der Waals surface area contributed by atoms with E-state index in [0.717, 1.165) is 18.0 Å². The number of hydrogen-bond donors (Lipinski definition) is 0. The fourth-order valence-corrected chi connectivity index (χ4v) is 1.80. The first-order chi connectivity index (χ1) is 8.84. The van der Waals surface area contributed by atoms with Gasteiger partial charge in [0.05, 0.1) is 12.3 Å². The van der Waals surface area contributed by atoms with Crippen molar-refractivity contribution in [1.82, 2.24) is 9.55 Å². The maximum Gasteiger partial charge on any atom is 0.257 e. The van der Waals surface area contributed by atoms with Gasteiger partial charge in [0.2, 0.25) is 0 Å². The molecule has 3 rings (SSSR count). The van der Waals surface area contributed by atoms with Crippen molar-refractivity contribution in [3.05, 3.63) is 53.2 Å². The van der Waals surface area contributed by atoms with Crippen LogP contribution in [-0.2, 0) is 0 Å². The van der Waals surface area contributed by atoms with Gasteiger partial charge in [-0.3, -0.25) is 9.36 Å². The molecule has 0 spiro atoms. The molecule has 92 valence electrons. The molecule has 18 heavy (non-hydrogen) atoms. The molecule has 1 aliphatic carbocycles. The fraction of sp³-hybridized carbons (Fsp3) is 0.286. The number of aromatic nitrogens is 2. The van der Waals surface area contributed by atoms with Gasteiger partial charge in [-0.25, -0.2) is 4.98 Å². The first kappa shape index (κ1) is 11.0. The van der Waals surface area contributed by atoms with Crippen molar-refractivity contribution in [2.24, 2.45) is 5.92 Å². The largest absolute Gasteiger partial charge is 0.491 e. The molecule has 0 N–H and O–H groups in total. The average molecular weight is 242 g/mol. The maximum atomic E-state index is 11.8. The van der Waals surface area contributed by atoms with E-state index in [-0.39, 0.29) is 5.56 Å². The Hall–Kier alpha value is -2.10. The highest BCUT2D eigenvalue weighted by Gasteiger charge is 2.22. The minimum Gasteiger partial charge on any atom is -0.491 e. The lowest BCUT2D eigenvalue weighted by atomic mass is 10.3. The van der Waals surface area contributed by atoms with Gasteiger partial charge >= 0.3 is 0 Å². The molecular formula is C14H14N2O2. The van der Waals surface area contributed by atoms with E-state index in [4.69, 9.17) is 4.74 Å². The first-order valence-electron chi connectivity index (χ1n) is 6.09. The molecule has 0 bridgehead atoms. The topological polar surface area (TPSA) is 44.1 Å². The van der Waals surface area contributed by atoms with Crippen LogP contribution in [0.4, 0.5) is 0 Å². The summed E-state index contributed by atoms with van der Waals surface area (Å²) in [4.78, 5) is 15.8. The summed E-state index contributed by atoms with van der Waals surface area (Å²) in [5.74, 6) is 1.42. The second-order valence-corrected chi connectivity index (χ2v) is 4.51. The van der Waals surface area contributed by atoms with Gasteiger partial charge in [0.25, 0.3) is 5.56 Å². The van der Waals surface area contributed by atoms with Crippen LogP contribution in [-0.4, -0.2) is 16.2 Å². The maximum absolute atomic E-state index is 11.8. The molecular weight excluding hydrogens is 228 g/mol. The minimum atomic E-state index is -0.104. The van der Waals surface area contributed by atoms with Crippen molar-refractivity contribution in [1.29, 1.82) is 0 Å². The number of nitrogens with zero attached hydrogens (tertiary/aromatic N) is 2. The van der Waals surface area contributed by atoms with Crippen LogP contribution in [0.5, 0.6) is 5.75 Å². The van der Waals surface area contributed by atoms with Crippen LogP contribution in [0.3, 0.4) is 0 Å². The van der Waals surface area contributed by atoms with Gasteiger partial charge in [-0.05, 0) is 30.9 Å². The second-order valence-electron chi connectivity index (χ2n) is 4.51. The summed E-state index contributed by atoms with van der Waals surface area (Å²) in [6.07, 6.45) is 5.50. The Balaban J connectivity index is 1.95. The number of hydrogen-bond acceptors (Lipinski definition) is 3. The zero-order valence-electron chi connectivity index (χ0n) is 9.95. The molecule has 0 radical (unpaired) electrons. The summed E-state index contributed by atoms with van der Waals surface area (Å²) in [5, 5.41) is 0. The molecule has 1 saturated carbocycles. The molecule has 0 unspecified atom stereocenters. The van der Waals surface area contributed by atoms with Crippen molar-refractivity contribution in [3.8, 4) is 11.4 Å². The zero-order chi connectivity index (χ0) is 12.4. The second kappa shape index (κ2) is 4.64. The van der Waals surface area contributed by atoms with Gasteiger partial charge < -0.3 is 4.74 Å². The molecule has 0 atom stereocenters. The molecule has 1 heterocycles. The molecule has 2 aromatic rings. The summed E-state index contributed by atoms with van der Waals surface area (Å²) in [5.41, 5.74) is 0.642. The van der Waals surface area contributed by atoms with E-state index in [2.05, 4.69) is 4.98 Å². The molecule has 1 aromatic carbocycles. The summed E-state index contributed by atoms with van der Waals surface area (Å²) in [6, 6.07) is 8.99. The number of ether oxygens (including phenoxy) is 1. The SMILES string of the molecule is O=c1ccncn1-c1ccccc1OCC1CC1. The van der Waals surface area contributed by atoms with Crippen LogP contribution < -0.4 is 10.3 Å². The van der Waals surface area contributed by atoms with E-state index in [1.165, 1.54) is 36.0 Å². The first-order valence-corrected chi connectivity index (χ1v) is 6.09. The quantitative estimate of drug-likeness (QED) is 0.824. The summed E-state index contributed by atoms with van der Waals surface area (Å²) < 4.78 is 7.29. The Morgan fingerprint density at radius 2 is 2.11 bits per heavy atom. The van der Waals surface area contributed by atoms with Crippen LogP contribution >= 0.6 is 0 Å². The molecule has 4 nitrogen and oxygen atoms in total. The van der Waals surface area contributed by atoms with Crippen molar-refractivity contribution in [2.75, 3.05) is 6.61 Å². The van der Waals surface area contributed by atoms with E-state index in [1.54, 1.807) is 0 Å². The molecule has 4 heteroatoms. The van der Waals surface area contributed by atoms with Gasteiger partial charge in [-0.1, -0.05) is 12.1 Å². The molecule has 0 amide bonds. The third-order valence-electron chi connectivity index (χ3n) is 3.02. The Morgan fingerprint density at radius 1 is 1.28 bits per heavy atom. The Morgan fingerprint density at radius 3 is 2.89 bits per heavy atom. The normalized spacial score (nSPS) is 14.4. The number of para-hydroxylation sites is 2. The third kappa shape index (κ3) is 2.27. The number of rotatable bonds is 4. The highest BCUT2D eigenvalue weighted by atomic mass is 16.5. The van der Waals surface area contributed by atoms with Gasteiger partial charge in [-0.2, -0.15) is 0 Å². The smallest absolute Gasteiger partial charge is 0.257 e. The molecule has 0 aliphatic heterocycles. The predicted octanol–water partition coefficient (Wildman–Crippen LogP) is 2.02. The number of benzene rings is 1. The lowest BCUT2D eigenvalue weighted by molar-refractivity contribution is 0.298. The fourth-order valence-electron chi connectivity index (χ4n) is 1.80. The lowest BCUT2D eigenvalue weighted by Crippen LogP contribution is -2.17. The van der Waals surface area contributed by atoms with Crippen LogP contribution in [0.25, 0.3) is 5.69 Å². The Bertz CT molecular complexity index is 602. The van der Waals surface area contributed by atoms with Crippen molar-refractivity contribution < 1.29 is 4.74 Å². The third-order valence-corrected chi connectivity index (χ3v) is 3.02. The van der Waals surface area contributed by atoms with E-state index in [1.807, 2.05) is 24.3 Å². The van der Waals surface area contributed by atoms with E-state index < -0.39 is 0 Å². The predicted molar refractivity (Wildman–Crippen MR) is 68.1 cm³/mol. The summed E-state index contributed by atoms with van der Waals surface area (Å²) >= 11 is 0. The van der Waals surface area contributed by atoms with Crippen LogP contribution in [0, 0.1) is 5.92 Å². The van der Waals surface area contributed by atoms with Crippen LogP contribution in [0.15, 0.2) is 47.7 Å². The molecule has 1 fully saturated rings. The monoisotopic (exact) mass is 242 g/mol. The molecule has 0 saturated heterocycles. The van der Waals surface area contributed by atoms with Gasteiger partial charge in [0.1, 0.15) is 12.1 Å². The van der Waals surface area contributed by atoms with E-state index in [0.29, 0.717) is 5.92 Å². The molecule has 1 aromatic heterocycles. The van der Waals surface area contributed by atoms with E-state index >= 15 is 0 Å². The van der Waals surface area contributed by atoms with E-state index in [9.17, 15) is 4.79 Å². The Kier molecular flexibility index (Phi) is 2.84. The van der Waals surface area contributed by atoms with Crippen molar-refractivity contribution in [2.45, 2.75) is 12.8 Å². The summed E-state index contributed by atoms with van der Waals surface area (Å²) in [7, 11) is 0. The lowest BCUT2D eigenvalue weighted by Gasteiger charge is -2.12. The highest BCUT2D eigenvalue weighted by Crippen LogP contribution is 2.30. The summed E-state index contributed by atoms with van der Waals surface area (Å²) in [6.45, 7) is 0.728. The highest BCUT2D eigenvalue weighted by molar-refractivity contribution is 5.46. The van der Waals surface area contributed by atoms with Crippen LogP contribution in [0.2, 0.25) is 0 Å². The minimum absolute atomic E-state index is 0.104. The van der Waals surface area contributed by atoms with Gasteiger partial charge in [-0.15, -0.1) is 0 Å². The zero-order valence-corrected chi connectivity index (χ0v) is 9.95. The van der Waals surface area contributed by atoms with Crippen molar-refractivity contribution in [3.63, 3.8) is 0 Å². The van der Waals surface area contributed by atoms with Gasteiger partial charge in [0, 0.05) is 12.3 Å². The average Bonchev–Trinajstić information content (AvgIpc) is 3.22. The standard InChI is InChI=1S/C14H14N2O2/c17-14-7-8-15-10-16(14)12-3-1-2-4-13(12)18-9-11-5-6-11/h1-4,7-8,10-11H,5-6,9H2. The van der Waals surface area contributed by atoms with Crippen LogP contribution in [0.1, 0.15) is 12.8 Å². The molecule has 1 aliphatic rings. The van der Waals surface area contributed by atoms with Gasteiger partial charge in [0.15, 0.2) is 0 Å². The Labute approximate surface area is 105 Å². The van der Waals surface area contributed by atoms with Crippen molar-refractivity contribution >= 4 is 0 Å².